The van der Waals surface area contributed by atoms with E-state index < -0.39 is 0 Å². The van der Waals surface area contributed by atoms with Crippen LogP contribution in [0.2, 0.25) is 0 Å². The first-order valence-corrected chi connectivity index (χ1v) is 7.08. The van der Waals surface area contributed by atoms with Gasteiger partial charge in [0.05, 0.1) is 6.10 Å². The highest BCUT2D eigenvalue weighted by Crippen LogP contribution is 2.38. The first kappa shape index (κ1) is 14.7. The summed E-state index contributed by atoms with van der Waals surface area (Å²) in [7, 11) is 1.81. The molecule has 0 radical (unpaired) electrons. The third-order valence-corrected chi connectivity index (χ3v) is 4.37. The van der Waals surface area contributed by atoms with Gasteiger partial charge in [0.1, 0.15) is 0 Å². The molecule has 0 aliphatic heterocycles. The summed E-state index contributed by atoms with van der Waals surface area (Å²) in [6.07, 6.45) is 1.30. The lowest BCUT2D eigenvalue weighted by Crippen LogP contribution is -2.12. The molecule has 17 heavy (non-hydrogen) atoms. The van der Waals surface area contributed by atoms with Crippen LogP contribution >= 0.6 is 11.3 Å². The monoisotopic (exact) mass is 254 g/mol. The van der Waals surface area contributed by atoms with Gasteiger partial charge in [0.25, 0.3) is 0 Å². The molecular formula is C15H26OS. The summed E-state index contributed by atoms with van der Waals surface area (Å²) < 4.78 is 5.65. The van der Waals surface area contributed by atoms with Crippen molar-refractivity contribution < 1.29 is 4.74 Å². The molecule has 0 saturated heterocycles. The van der Waals surface area contributed by atoms with Crippen LogP contribution in [0.25, 0.3) is 0 Å². The third-order valence-electron chi connectivity index (χ3n) is 2.77. The fourth-order valence-corrected chi connectivity index (χ4v) is 2.93. The summed E-state index contributed by atoms with van der Waals surface area (Å²) in [4.78, 5) is 2.79. The smallest absolute Gasteiger partial charge is 0.0918 e. The molecule has 0 aliphatic carbocycles. The molecule has 0 aliphatic rings. The van der Waals surface area contributed by atoms with E-state index in [0.29, 0.717) is 5.41 Å². The van der Waals surface area contributed by atoms with Crippen LogP contribution in [-0.2, 0) is 10.2 Å². The normalized spacial score (nSPS) is 15.0. The molecule has 0 saturated carbocycles. The molecule has 1 heterocycles. The van der Waals surface area contributed by atoms with Crippen molar-refractivity contribution in [2.75, 3.05) is 7.11 Å². The fourth-order valence-electron chi connectivity index (χ4n) is 1.79. The van der Waals surface area contributed by atoms with Gasteiger partial charge in [-0.05, 0) is 29.4 Å². The zero-order valence-electron chi connectivity index (χ0n) is 12.3. The van der Waals surface area contributed by atoms with Crippen molar-refractivity contribution in [1.29, 1.82) is 0 Å². The topological polar surface area (TPSA) is 9.23 Å². The van der Waals surface area contributed by atoms with Crippen LogP contribution in [0.3, 0.4) is 0 Å². The highest BCUT2D eigenvalue weighted by atomic mass is 32.1. The Hall–Kier alpha value is -0.340. The lowest BCUT2D eigenvalue weighted by molar-refractivity contribution is 0.0686. The number of hydrogen-bond donors (Lipinski definition) is 0. The number of thiophene rings is 1. The SMILES string of the molecule is COC(CC(C)(C)C)c1ccc(C(C)(C)C)s1. The minimum absolute atomic E-state index is 0.232. The van der Waals surface area contributed by atoms with Gasteiger partial charge in [-0.2, -0.15) is 0 Å². The third kappa shape index (κ3) is 4.44. The molecule has 0 fully saturated rings. The highest BCUT2D eigenvalue weighted by molar-refractivity contribution is 7.12. The Labute approximate surface area is 110 Å². The molecule has 1 rings (SSSR count). The van der Waals surface area contributed by atoms with E-state index >= 15 is 0 Å². The van der Waals surface area contributed by atoms with Crippen LogP contribution in [-0.4, -0.2) is 7.11 Å². The van der Waals surface area contributed by atoms with E-state index in [9.17, 15) is 0 Å². The molecule has 0 bridgehead atoms. The summed E-state index contributed by atoms with van der Waals surface area (Å²) in [5, 5.41) is 0. The average Bonchev–Trinajstić information content (AvgIpc) is 2.60. The maximum atomic E-state index is 5.65. The van der Waals surface area contributed by atoms with Crippen LogP contribution in [0.1, 0.15) is 63.8 Å². The van der Waals surface area contributed by atoms with E-state index in [1.807, 2.05) is 18.4 Å². The van der Waals surface area contributed by atoms with Crippen molar-refractivity contribution in [3.05, 3.63) is 21.9 Å². The maximum Gasteiger partial charge on any atom is 0.0918 e. The summed E-state index contributed by atoms with van der Waals surface area (Å²) >= 11 is 1.89. The van der Waals surface area contributed by atoms with E-state index in [1.165, 1.54) is 9.75 Å². The van der Waals surface area contributed by atoms with Gasteiger partial charge >= 0.3 is 0 Å². The van der Waals surface area contributed by atoms with Gasteiger partial charge in [0, 0.05) is 16.9 Å². The van der Waals surface area contributed by atoms with Gasteiger partial charge in [-0.1, -0.05) is 41.5 Å². The van der Waals surface area contributed by atoms with Crippen LogP contribution in [0.15, 0.2) is 12.1 Å². The van der Waals surface area contributed by atoms with Crippen molar-refractivity contribution in [3.63, 3.8) is 0 Å². The molecule has 0 aromatic carbocycles. The summed E-state index contributed by atoms with van der Waals surface area (Å²) in [6, 6.07) is 4.47. The standard InChI is InChI=1S/C15H26OS/c1-14(2,3)10-11(16-7)12-8-9-13(17-12)15(4,5)6/h8-9,11H,10H2,1-7H3. The molecule has 1 aromatic rings. The average molecular weight is 254 g/mol. The Balaban J connectivity index is 2.87. The van der Waals surface area contributed by atoms with Crippen LogP contribution < -0.4 is 0 Å². The first-order valence-electron chi connectivity index (χ1n) is 6.26. The number of ether oxygens (including phenoxy) is 1. The lowest BCUT2D eigenvalue weighted by atomic mass is 9.88. The van der Waals surface area contributed by atoms with Crippen molar-refractivity contribution in [2.24, 2.45) is 5.41 Å². The molecule has 0 N–H and O–H groups in total. The van der Waals surface area contributed by atoms with Gasteiger partial charge in [0.2, 0.25) is 0 Å². The molecule has 1 nitrogen and oxygen atoms in total. The second kappa shape index (κ2) is 5.11. The minimum Gasteiger partial charge on any atom is -0.376 e. The number of methoxy groups -OCH3 is 1. The van der Waals surface area contributed by atoms with Gasteiger partial charge in [-0.25, -0.2) is 0 Å². The second-order valence-electron chi connectivity index (χ2n) is 6.94. The molecule has 0 spiro atoms. The van der Waals surface area contributed by atoms with Crippen LogP contribution in [0, 0.1) is 5.41 Å². The lowest BCUT2D eigenvalue weighted by Gasteiger charge is -2.24. The predicted octanol–water partition coefficient (Wildman–Crippen LogP) is 5.17. The van der Waals surface area contributed by atoms with Gasteiger partial charge in [-0.3, -0.25) is 0 Å². The Morgan fingerprint density at radius 2 is 1.71 bits per heavy atom. The van der Waals surface area contributed by atoms with Gasteiger partial charge in [-0.15, -0.1) is 11.3 Å². The largest absolute Gasteiger partial charge is 0.376 e. The maximum absolute atomic E-state index is 5.65. The molecule has 1 unspecified atom stereocenters. The van der Waals surface area contributed by atoms with Gasteiger partial charge < -0.3 is 4.74 Å². The fraction of sp³-hybridized carbons (Fsp3) is 0.733. The first-order chi connectivity index (χ1) is 7.63. The van der Waals surface area contributed by atoms with E-state index in [0.717, 1.165) is 6.42 Å². The van der Waals surface area contributed by atoms with Crippen LogP contribution in [0.5, 0.6) is 0 Å². The molecule has 1 atom stereocenters. The Kier molecular flexibility index (Phi) is 4.43. The molecule has 98 valence electrons. The summed E-state index contributed by atoms with van der Waals surface area (Å²) in [6.45, 7) is 13.6. The Morgan fingerprint density at radius 1 is 1.12 bits per heavy atom. The molecule has 1 aromatic heterocycles. The van der Waals surface area contributed by atoms with Crippen molar-refractivity contribution >= 4 is 11.3 Å². The van der Waals surface area contributed by atoms with E-state index in [2.05, 4.69) is 53.7 Å². The quantitative estimate of drug-likeness (QED) is 0.723. The summed E-state index contributed by atoms with van der Waals surface area (Å²) in [5.74, 6) is 0. The zero-order chi connectivity index (χ0) is 13.3. The predicted molar refractivity (Wildman–Crippen MR) is 76.8 cm³/mol. The minimum atomic E-state index is 0.232. The van der Waals surface area contributed by atoms with E-state index in [-0.39, 0.29) is 11.5 Å². The molecule has 0 amide bonds. The highest BCUT2D eigenvalue weighted by Gasteiger charge is 2.23. The molecular weight excluding hydrogens is 228 g/mol. The Bertz CT molecular complexity index is 352. The second-order valence-corrected chi connectivity index (χ2v) is 8.06. The number of rotatable bonds is 3. The van der Waals surface area contributed by atoms with E-state index in [1.54, 1.807) is 0 Å². The van der Waals surface area contributed by atoms with Gasteiger partial charge in [0.15, 0.2) is 0 Å². The van der Waals surface area contributed by atoms with E-state index in [4.69, 9.17) is 4.74 Å². The van der Waals surface area contributed by atoms with Crippen LogP contribution in [0.4, 0.5) is 0 Å². The Morgan fingerprint density at radius 3 is 2.06 bits per heavy atom. The molecule has 2 heteroatoms. The number of hydrogen-bond acceptors (Lipinski definition) is 2. The summed E-state index contributed by atoms with van der Waals surface area (Å²) in [5.41, 5.74) is 0.537. The van der Waals surface area contributed by atoms with Crippen molar-refractivity contribution in [1.82, 2.24) is 0 Å². The van der Waals surface area contributed by atoms with Crippen molar-refractivity contribution in [3.8, 4) is 0 Å². The van der Waals surface area contributed by atoms with Crippen molar-refractivity contribution in [2.45, 2.75) is 59.5 Å². The zero-order valence-corrected chi connectivity index (χ0v) is 13.1.